The maximum absolute atomic E-state index is 2.40. The second-order valence-corrected chi connectivity index (χ2v) is 8.83. The summed E-state index contributed by atoms with van der Waals surface area (Å²) in [6, 6.07) is 4.81. The Morgan fingerprint density at radius 3 is 1.62 bits per heavy atom. The third-order valence-corrected chi connectivity index (χ3v) is 8.47. The number of thiophene rings is 2. The van der Waals surface area contributed by atoms with Gasteiger partial charge in [0.15, 0.2) is 0 Å². The number of fused-ring (bicyclic) bond motifs is 2. The average Bonchev–Trinajstić information content (AvgIpc) is 2.88. The zero-order valence-corrected chi connectivity index (χ0v) is 14.0. The summed E-state index contributed by atoms with van der Waals surface area (Å²) < 4.78 is 6.06. The summed E-state index contributed by atoms with van der Waals surface area (Å²) >= 11 is 5.03. The van der Waals surface area contributed by atoms with Crippen LogP contribution in [0.25, 0.3) is 20.2 Å². The number of benzene rings is 1. The Morgan fingerprint density at radius 2 is 1.25 bits per heavy atom. The van der Waals surface area contributed by atoms with Crippen molar-refractivity contribution in [1.82, 2.24) is 0 Å². The van der Waals surface area contributed by atoms with Crippen LogP contribution < -0.4 is 8.92 Å². The third-order valence-electron chi connectivity index (χ3n) is 2.64. The zero-order valence-electron chi connectivity index (χ0n) is 8.94. The molecule has 3 aromatic rings. The van der Waals surface area contributed by atoms with Crippen LogP contribution in [-0.2, 0) is 0 Å². The van der Waals surface area contributed by atoms with Gasteiger partial charge in [0.25, 0.3) is 0 Å². The van der Waals surface area contributed by atoms with Crippen molar-refractivity contribution in [3.63, 3.8) is 0 Å². The second kappa shape index (κ2) is 4.45. The van der Waals surface area contributed by atoms with Crippen molar-refractivity contribution in [3.8, 4) is 0 Å². The molecule has 0 aliphatic rings. The first-order chi connectivity index (χ1) is 7.83. The molecule has 1 aromatic carbocycles. The van der Waals surface area contributed by atoms with Gasteiger partial charge in [0.05, 0.1) is 0 Å². The summed E-state index contributed by atoms with van der Waals surface area (Å²) in [6.07, 6.45) is 0. The summed E-state index contributed by atoms with van der Waals surface area (Å²) in [5, 5.41) is 7.67. The van der Waals surface area contributed by atoms with Crippen molar-refractivity contribution in [2.45, 2.75) is 11.6 Å². The zero-order chi connectivity index (χ0) is 11.1. The van der Waals surface area contributed by atoms with Crippen molar-refractivity contribution in [1.29, 1.82) is 0 Å². The standard InChI is InChI=1S/C12H10S2Se2/c1-15-11-5-13-9-4-8-10(3-7(9)11)14-6-12(8)16-2/h3-6H,1-2H3. The molecule has 16 heavy (non-hydrogen) atoms. The third kappa shape index (κ3) is 1.69. The quantitative estimate of drug-likeness (QED) is 0.604. The van der Waals surface area contributed by atoms with Crippen LogP contribution >= 0.6 is 22.7 Å². The summed E-state index contributed by atoms with van der Waals surface area (Å²) in [7, 11) is 0. The molecule has 2 aromatic heterocycles. The molecule has 2 heterocycles. The minimum absolute atomic E-state index is 0.612. The van der Waals surface area contributed by atoms with Crippen molar-refractivity contribution >= 4 is 81.7 Å². The molecule has 0 N–H and O–H groups in total. The van der Waals surface area contributed by atoms with Crippen LogP contribution in [0.5, 0.6) is 0 Å². The van der Waals surface area contributed by atoms with Gasteiger partial charge in [-0.15, -0.1) is 0 Å². The normalized spacial score (nSPS) is 11.6. The monoisotopic (exact) mass is 378 g/mol. The Hall–Kier alpha value is 0.179. The number of hydrogen-bond donors (Lipinski definition) is 0. The van der Waals surface area contributed by atoms with Gasteiger partial charge in [-0.1, -0.05) is 0 Å². The molecule has 0 aliphatic heterocycles. The van der Waals surface area contributed by atoms with Crippen LogP contribution in [0.1, 0.15) is 0 Å². The molecule has 82 valence electrons. The van der Waals surface area contributed by atoms with Gasteiger partial charge in [-0.05, 0) is 0 Å². The predicted molar refractivity (Wildman–Crippen MR) is 79.7 cm³/mol. The van der Waals surface area contributed by atoms with E-state index in [-0.39, 0.29) is 0 Å². The molecule has 0 bridgehead atoms. The van der Waals surface area contributed by atoms with Crippen LogP contribution in [0.15, 0.2) is 22.9 Å². The van der Waals surface area contributed by atoms with E-state index in [0.717, 1.165) is 0 Å². The van der Waals surface area contributed by atoms with Gasteiger partial charge in [0.1, 0.15) is 0 Å². The Morgan fingerprint density at radius 1 is 0.812 bits per heavy atom. The molecule has 0 nitrogen and oxygen atoms in total. The van der Waals surface area contributed by atoms with Crippen molar-refractivity contribution < 1.29 is 0 Å². The van der Waals surface area contributed by atoms with E-state index in [1.165, 1.54) is 20.2 Å². The van der Waals surface area contributed by atoms with Gasteiger partial charge in [-0.2, -0.15) is 0 Å². The Labute approximate surface area is 115 Å². The molecular weight excluding hydrogens is 366 g/mol. The predicted octanol–water partition coefficient (Wildman–Crippen LogP) is 2.87. The number of rotatable bonds is 2. The fourth-order valence-electron chi connectivity index (χ4n) is 1.82. The Balaban J connectivity index is 2.38. The fraction of sp³-hybridized carbons (Fsp3) is 0.167. The van der Waals surface area contributed by atoms with Crippen LogP contribution in [0.3, 0.4) is 0 Å². The van der Waals surface area contributed by atoms with E-state index in [1.807, 2.05) is 22.7 Å². The van der Waals surface area contributed by atoms with E-state index >= 15 is 0 Å². The molecule has 0 saturated heterocycles. The van der Waals surface area contributed by atoms with Crippen molar-refractivity contribution in [2.75, 3.05) is 0 Å². The molecule has 0 aliphatic carbocycles. The van der Waals surface area contributed by atoms with Crippen LogP contribution in [0.4, 0.5) is 0 Å². The minimum atomic E-state index is 0.612. The van der Waals surface area contributed by atoms with Gasteiger partial charge in [0, 0.05) is 0 Å². The number of hydrogen-bond acceptors (Lipinski definition) is 2. The average molecular weight is 376 g/mol. The topological polar surface area (TPSA) is 0 Å². The van der Waals surface area contributed by atoms with Crippen molar-refractivity contribution in [2.24, 2.45) is 0 Å². The first-order valence-corrected chi connectivity index (χ1v) is 11.7. The SMILES string of the molecule is C[Se]c1csc2cc3c([Se]C)csc3cc12. The van der Waals surface area contributed by atoms with E-state index in [1.54, 1.807) is 8.92 Å². The van der Waals surface area contributed by atoms with Crippen molar-refractivity contribution in [3.05, 3.63) is 22.9 Å². The fourth-order valence-corrected chi connectivity index (χ4v) is 7.44. The molecule has 0 amide bonds. The van der Waals surface area contributed by atoms with Gasteiger partial charge >= 0.3 is 116 Å². The molecule has 0 radical (unpaired) electrons. The van der Waals surface area contributed by atoms with Crippen LogP contribution in [0.2, 0.25) is 11.6 Å². The van der Waals surface area contributed by atoms with Gasteiger partial charge in [0.2, 0.25) is 0 Å². The molecule has 3 rings (SSSR count). The van der Waals surface area contributed by atoms with Crippen LogP contribution in [-0.4, -0.2) is 29.9 Å². The second-order valence-electron chi connectivity index (χ2n) is 3.45. The summed E-state index contributed by atoms with van der Waals surface area (Å²) in [5.41, 5.74) is 0. The molecule has 0 spiro atoms. The van der Waals surface area contributed by atoms with E-state index in [4.69, 9.17) is 0 Å². The molecule has 4 heteroatoms. The van der Waals surface area contributed by atoms with Crippen LogP contribution in [0, 0.1) is 0 Å². The maximum atomic E-state index is 2.40. The molecular formula is C12H10S2Se2. The Kier molecular flexibility index (Phi) is 3.14. The van der Waals surface area contributed by atoms with E-state index in [0.29, 0.717) is 29.9 Å². The summed E-state index contributed by atoms with van der Waals surface area (Å²) in [5.74, 6) is 4.60. The first-order valence-electron chi connectivity index (χ1n) is 4.84. The van der Waals surface area contributed by atoms with Gasteiger partial charge < -0.3 is 0 Å². The van der Waals surface area contributed by atoms with Gasteiger partial charge in [-0.25, -0.2) is 0 Å². The summed E-state index contributed by atoms with van der Waals surface area (Å²) in [6.45, 7) is 0. The first kappa shape index (κ1) is 11.3. The van der Waals surface area contributed by atoms with E-state index in [2.05, 4.69) is 34.5 Å². The van der Waals surface area contributed by atoms with Gasteiger partial charge in [-0.3, -0.25) is 0 Å². The molecule has 0 unspecified atom stereocenters. The summed E-state index contributed by atoms with van der Waals surface area (Å²) in [4.78, 5) is 0. The molecule has 0 atom stereocenters. The van der Waals surface area contributed by atoms with E-state index < -0.39 is 0 Å². The molecule has 0 saturated carbocycles. The molecule has 0 fully saturated rings. The Bertz CT molecular complexity index is 593. The van der Waals surface area contributed by atoms with E-state index in [9.17, 15) is 0 Å².